The number of aliphatic hydroxyl groups excluding tert-OH is 1. The average molecular weight is 237 g/mol. The van der Waals surface area contributed by atoms with Gasteiger partial charge in [0.25, 0.3) is 0 Å². The molecular weight excluding hydrogens is 222 g/mol. The summed E-state index contributed by atoms with van der Waals surface area (Å²) < 4.78 is 4.60. The molecule has 1 aromatic heterocycles. The van der Waals surface area contributed by atoms with Crippen LogP contribution in [0, 0.1) is 0 Å². The second-order valence-corrected chi connectivity index (χ2v) is 4.00. The zero-order valence-electron chi connectivity index (χ0n) is 9.67. The van der Waals surface area contributed by atoms with Crippen LogP contribution >= 0.6 is 0 Å². The van der Waals surface area contributed by atoms with E-state index in [0.717, 1.165) is 19.4 Å². The first kappa shape index (κ1) is 11.8. The summed E-state index contributed by atoms with van der Waals surface area (Å²) in [5.41, 5.74) is 0.234. The van der Waals surface area contributed by atoms with Gasteiger partial charge in [-0.1, -0.05) is 0 Å². The summed E-state index contributed by atoms with van der Waals surface area (Å²) >= 11 is 0. The van der Waals surface area contributed by atoms with E-state index in [9.17, 15) is 9.90 Å². The van der Waals surface area contributed by atoms with Crippen LogP contribution in [0.3, 0.4) is 0 Å². The van der Waals surface area contributed by atoms with Crippen molar-refractivity contribution in [3.8, 4) is 0 Å². The molecule has 1 fully saturated rings. The lowest BCUT2D eigenvalue weighted by Crippen LogP contribution is -2.38. The SMILES string of the molecule is COC(=O)c1cc(N2CCC[C@@H](O)C2)ncn1. The highest BCUT2D eigenvalue weighted by Gasteiger charge is 2.20. The topological polar surface area (TPSA) is 75.5 Å². The Morgan fingerprint density at radius 3 is 3.12 bits per heavy atom. The summed E-state index contributed by atoms with van der Waals surface area (Å²) in [6.07, 6.45) is 2.73. The Morgan fingerprint density at radius 1 is 1.59 bits per heavy atom. The van der Waals surface area contributed by atoms with E-state index in [1.54, 1.807) is 6.07 Å². The molecule has 6 nitrogen and oxygen atoms in total. The van der Waals surface area contributed by atoms with Gasteiger partial charge in [-0.3, -0.25) is 0 Å². The third-order valence-electron chi connectivity index (χ3n) is 2.77. The molecule has 17 heavy (non-hydrogen) atoms. The smallest absolute Gasteiger partial charge is 0.356 e. The maximum absolute atomic E-state index is 11.3. The molecule has 0 bridgehead atoms. The highest BCUT2D eigenvalue weighted by molar-refractivity contribution is 5.87. The number of methoxy groups -OCH3 is 1. The molecule has 1 aromatic rings. The molecule has 0 aromatic carbocycles. The minimum absolute atomic E-state index is 0.234. The summed E-state index contributed by atoms with van der Waals surface area (Å²) in [7, 11) is 1.31. The number of aliphatic hydroxyl groups is 1. The number of nitrogens with zero attached hydrogens (tertiary/aromatic N) is 3. The van der Waals surface area contributed by atoms with Crippen molar-refractivity contribution in [3.05, 3.63) is 18.1 Å². The van der Waals surface area contributed by atoms with Crippen molar-refractivity contribution in [1.82, 2.24) is 9.97 Å². The Labute approximate surface area is 99.2 Å². The van der Waals surface area contributed by atoms with Crippen LogP contribution in [0.1, 0.15) is 23.3 Å². The molecule has 0 radical (unpaired) electrons. The van der Waals surface area contributed by atoms with Crippen molar-refractivity contribution >= 4 is 11.8 Å². The van der Waals surface area contributed by atoms with Crippen LogP contribution in [-0.2, 0) is 4.74 Å². The average Bonchev–Trinajstić information content (AvgIpc) is 2.38. The minimum atomic E-state index is -0.480. The molecule has 2 heterocycles. The molecule has 92 valence electrons. The Morgan fingerprint density at radius 2 is 2.41 bits per heavy atom. The number of rotatable bonds is 2. The van der Waals surface area contributed by atoms with E-state index >= 15 is 0 Å². The van der Waals surface area contributed by atoms with Crippen LogP contribution in [0.4, 0.5) is 5.82 Å². The minimum Gasteiger partial charge on any atom is -0.464 e. The monoisotopic (exact) mass is 237 g/mol. The van der Waals surface area contributed by atoms with Crippen LogP contribution in [0.2, 0.25) is 0 Å². The van der Waals surface area contributed by atoms with Crippen molar-refractivity contribution in [2.75, 3.05) is 25.1 Å². The fourth-order valence-corrected chi connectivity index (χ4v) is 1.90. The summed E-state index contributed by atoms with van der Waals surface area (Å²) in [4.78, 5) is 21.2. The molecule has 0 saturated carbocycles. The fourth-order valence-electron chi connectivity index (χ4n) is 1.90. The Bertz CT molecular complexity index is 411. The molecule has 1 saturated heterocycles. The maximum Gasteiger partial charge on any atom is 0.356 e. The van der Waals surface area contributed by atoms with Gasteiger partial charge in [-0.05, 0) is 12.8 Å². The zero-order chi connectivity index (χ0) is 12.3. The number of piperidine rings is 1. The number of anilines is 1. The van der Waals surface area contributed by atoms with Gasteiger partial charge < -0.3 is 14.7 Å². The molecule has 2 rings (SSSR count). The van der Waals surface area contributed by atoms with E-state index in [0.29, 0.717) is 12.4 Å². The number of hydrogen-bond acceptors (Lipinski definition) is 6. The Kier molecular flexibility index (Phi) is 3.53. The predicted octanol–water partition coefficient (Wildman–Crippen LogP) is 0.224. The Balaban J connectivity index is 2.17. The second-order valence-electron chi connectivity index (χ2n) is 4.00. The van der Waals surface area contributed by atoms with Crippen molar-refractivity contribution < 1.29 is 14.6 Å². The van der Waals surface area contributed by atoms with Crippen molar-refractivity contribution in [2.24, 2.45) is 0 Å². The lowest BCUT2D eigenvalue weighted by atomic mass is 10.1. The van der Waals surface area contributed by atoms with E-state index in [1.807, 2.05) is 4.90 Å². The van der Waals surface area contributed by atoms with E-state index in [-0.39, 0.29) is 11.8 Å². The molecule has 0 spiro atoms. The van der Waals surface area contributed by atoms with E-state index in [1.165, 1.54) is 13.4 Å². The first-order valence-corrected chi connectivity index (χ1v) is 5.54. The van der Waals surface area contributed by atoms with Gasteiger partial charge in [-0.25, -0.2) is 14.8 Å². The third-order valence-corrected chi connectivity index (χ3v) is 2.77. The van der Waals surface area contributed by atoms with Crippen LogP contribution in [0.25, 0.3) is 0 Å². The van der Waals surface area contributed by atoms with Crippen molar-refractivity contribution in [2.45, 2.75) is 18.9 Å². The largest absolute Gasteiger partial charge is 0.464 e. The van der Waals surface area contributed by atoms with Gasteiger partial charge in [0.05, 0.1) is 13.2 Å². The first-order valence-electron chi connectivity index (χ1n) is 5.54. The van der Waals surface area contributed by atoms with Crippen molar-refractivity contribution in [1.29, 1.82) is 0 Å². The van der Waals surface area contributed by atoms with Crippen LogP contribution in [-0.4, -0.2) is 47.3 Å². The quantitative estimate of drug-likeness (QED) is 0.742. The number of ether oxygens (including phenoxy) is 1. The molecule has 0 amide bonds. The number of aromatic nitrogens is 2. The van der Waals surface area contributed by atoms with Gasteiger partial charge in [0.15, 0.2) is 5.69 Å². The number of β-amino-alcohol motifs (C(OH)–C–C–N with tert-alkyl or cyclic N) is 1. The predicted molar refractivity (Wildman–Crippen MR) is 60.8 cm³/mol. The van der Waals surface area contributed by atoms with E-state index in [4.69, 9.17) is 0 Å². The van der Waals surface area contributed by atoms with E-state index < -0.39 is 5.97 Å². The lowest BCUT2D eigenvalue weighted by Gasteiger charge is -2.30. The number of carbonyl (C=O) groups is 1. The van der Waals surface area contributed by atoms with E-state index in [2.05, 4.69) is 14.7 Å². The molecule has 1 aliphatic heterocycles. The number of hydrogen-bond donors (Lipinski definition) is 1. The fraction of sp³-hybridized carbons (Fsp3) is 0.545. The number of esters is 1. The van der Waals surface area contributed by atoms with Crippen LogP contribution < -0.4 is 4.90 Å². The summed E-state index contributed by atoms with van der Waals surface area (Å²) in [5, 5.41) is 9.59. The third kappa shape index (κ3) is 2.71. The second kappa shape index (κ2) is 5.09. The normalized spacial score (nSPS) is 20.1. The Hall–Kier alpha value is -1.69. The standard InChI is InChI=1S/C11H15N3O3/c1-17-11(16)9-5-10(13-7-12-9)14-4-2-3-8(15)6-14/h5,7-8,15H,2-4,6H2,1H3/t8-/m1/s1. The van der Waals surface area contributed by atoms with Crippen molar-refractivity contribution in [3.63, 3.8) is 0 Å². The summed E-state index contributed by atoms with van der Waals surface area (Å²) in [5.74, 6) is 0.172. The lowest BCUT2D eigenvalue weighted by molar-refractivity contribution is 0.0594. The molecule has 0 unspecified atom stereocenters. The molecule has 1 N–H and O–H groups in total. The maximum atomic E-state index is 11.3. The highest BCUT2D eigenvalue weighted by Crippen LogP contribution is 2.18. The summed E-state index contributed by atoms with van der Waals surface area (Å²) in [6, 6.07) is 1.59. The van der Waals surface area contributed by atoms with Crippen LogP contribution in [0.5, 0.6) is 0 Å². The van der Waals surface area contributed by atoms with Gasteiger partial charge in [-0.2, -0.15) is 0 Å². The summed E-state index contributed by atoms with van der Waals surface area (Å²) in [6.45, 7) is 1.37. The molecule has 6 heteroatoms. The van der Waals surface area contributed by atoms with Gasteiger partial charge >= 0.3 is 5.97 Å². The molecule has 1 aliphatic rings. The first-order chi connectivity index (χ1) is 8.20. The van der Waals surface area contributed by atoms with Gasteiger partial charge in [0.1, 0.15) is 12.1 Å². The van der Waals surface area contributed by atoms with Gasteiger partial charge in [0, 0.05) is 19.2 Å². The zero-order valence-corrected chi connectivity index (χ0v) is 9.67. The molecular formula is C11H15N3O3. The molecule has 1 atom stereocenters. The van der Waals surface area contributed by atoms with Gasteiger partial charge in [0.2, 0.25) is 0 Å². The van der Waals surface area contributed by atoms with Crippen LogP contribution in [0.15, 0.2) is 12.4 Å². The highest BCUT2D eigenvalue weighted by atomic mass is 16.5. The molecule has 0 aliphatic carbocycles. The van der Waals surface area contributed by atoms with Gasteiger partial charge in [-0.15, -0.1) is 0 Å². The number of carbonyl (C=O) groups excluding carboxylic acids is 1.